The lowest BCUT2D eigenvalue weighted by Gasteiger charge is -2.25. The molecule has 1 unspecified atom stereocenters. The topological polar surface area (TPSA) is 41.6 Å². The number of hydrogen-bond acceptors (Lipinski definition) is 5. The predicted octanol–water partition coefficient (Wildman–Crippen LogP) is 2.99. The minimum absolute atomic E-state index is 0.312. The highest BCUT2D eigenvalue weighted by atomic mass is 32.1. The first-order chi connectivity index (χ1) is 8.75. The Hall–Kier alpha value is -1.33. The molecule has 0 saturated heterocycles. The third-order valence-electron chi connectivity index (χ3n) is 3.21. The monoisotopic (exact) mass is 277 g/mol. The Balaban J connectivity index is 1.85. The molecule has 0 spiro atoms. The highest BCUT2D eigenvalue weighted by molar-refractivity contribution is 7.10. The highest BCUT2D eigenvalue weighted by Crippen LogP contribution is 2.33. The summed E-state index contributed by atoms with van der Waals surface area (Å²) in [6, 6.07) is 6.70. The Kier molecular flexibility index (Phi) is 3.09. The van der Waals surface area contributed by atoms with Crippen molar-refractivity contribution in [1.82, 2.24) is 4.90 Å². The zero-order chi connectivity index (χ0) is 12.5. The number of hydrogen-bond donors (Lipinski definition) is 1. The van der Waals surface area contributed by atoms with E-state index >= 15 is 0 Å². The number of nitrogens with zero attached hydrogens (tertiary/aromatic N) is 2. The van der Waals surface area contributed by atoms with E-state index in [9.17, 15) is 0 Å². The minimum atomic E-state index is 0.312. The second-order valence-electron chi connectivity index (χ2n) is 4.39. The van der Waals surface area contributed by atoms with Gasteiger partial charge in [0, 0.05) is 9.75 Å². The fourth-order valence-electron chi connectivity index (χ4n) is 2.24. The summed E-state index contributed by atoms with van der Waals surface area (Å²) in [4.78, 5) is 9.33. The maximum absolute atomic E-state index is 6.03. The Morgan fingerprint density at radius 1 is 1.39 bits per heavy atom. The number of thiophene rings is 2. The van der Waals surface area contributed by atoms with Crippen LogP contribution in [-0.4, -0.2) is 17.4 Å². The molecule has 3 rings (SSSR count). The fraction of sp³-hybridized carbons (Fsp3) is 0.308. The zero-order valence-electron chi connectivity index (χ0n) is 10.2. The summed E-state index contributed by atoms with van der Waals surface area (Å²) in [7, 11) is 0. The molecule has 3 heterocycles. The Morgan fingerprint density at radius 3 is 2.94 bits per heavy atom. The second kappa shape index (κ2) is 4.74. The number of nitrogens with two attached hydrogens (primary N) is 1. The van der Waals surface area contributed by atoms with E-state index in [0.717, 1.165) is 13.1 Å². The number of aliphatic imine (C=N–C) groups is 1. The van der Waals surface area contributed by atoms with E-state index in [4.69, 9.17) is 5.73 Å². The molecule has 0 fully saturated rings. The summed E-state index contributed by atoms with van der Waals surface area (Å²) in [5.41, 5.74) is 7.37. The van der Waals surface area contributed by atoms with Gasteiger partial charge < -0.3 is 10.6 Å². The molecule has 0 aromatic carbocycles. The Labute approximate surface area is 115 Å². The Morgan fingerprint density at radius 2 is 2.28 bits per heavy atom. The van der Waals surface area contributed by atoms with Crippen LogP contribution in [0.4, 0.5) is 0 Å². The van der Waals surface area contributed by atoms with Crippen LogP contribution in [0.15, 0.2) is 34.0 Å². The lowest BCUT2D eigenvalue weighted by Crippen LogP contribution is -2.35. The molecule has 0 aliphatic carbocycles. The SMILES string of the molecule is Cc1ccsc1C1CN=C(N)N1Cc1cccs1. The van der Waals surface area contributed by atoms with Crippen LogP contribution < -0.4 is 5.73 Å². The van der Waals surface area contributed by atoms with E-state index in [0.29, 0.717) is 12.0 Å². The van der Waals surface area contributed by atoms with E-state index in [2.05, 4.69) is 45.8 Å². The van der Waals surface area contributed by atoms with Crippen molar-refractivity contribution in [2.45, 2.75) is 19.5 Å². The molecule has 0 radical (unpaired) electrons. The maximum Gasteiger partial charge on any atom is 0.192 e. The molecule has 2 aromatic rings. The van der Waals surface area contributed by atoms with Gasteiger partial charge in [-0.1, -0.05) is 6.07 Å². The van der Waals surface area contributed by atoms with Gasteiger partial charge in [-0.05, 0) is 35.4 Å². The average molecular weight is 277 g/mol. The van der Waals surface area contributed by atoms with Crippen molar-refractivity contribution < 1.29 is 0 Å². The molecule has 1 aliphatic rings. The molecule has 2 N–H and O–H groups in total. The maximum atomic E-state index is 6.03. The molecule has 1 aliphatic heterocycles. The minimum Gasteiger partial charge on any atom is -0.370 e. The van der Waals surface area contributed by atoms with Crippen molar-refractivity contribution in [3.05, 3.63) is 44.3 Å². The summed E-state index contributed by atoms with van der Waals surface area (Å²) < 4.78 is 0. The molecule has 3 nitrogen and oxygen atoms in total. The van der Waals surface area contributed by atoms with Crippen molar-refractivity contribution in [2.75, 3.05) is 6.54 Å². The fourth-order valence-corrected chi connectivity index (χ4v) is 3.98. The molecule has 1 atom stereocenters. The third-order valence-corrected chi connectivity index (χ3v) is 5.19. The molecule has 0 bridgehead atoms. The lowest BCUT2D eigenvalue weighted by molar-refractivity contribution is 0.346. The van der Waals surface area contributed by atoms with Gasteiger partial charge in [-0.15, -0.1) is 22.7 Å². The van der Waals surface area contributed by atoms with Gasteiger partial charge in [0.1, 0.15) is 0 Å². The number of guanidine groups is 1. The van der Waals surface area contributed by atoms with Gasteiger partial charge in [0.05, 0.1) is 19.1 Å². The van der Waals surface area contributed by atoms with E-state index < -0.39 is 0 Å². The third kappa shape index (κ3) is 2.04. The van der Waals surface area contributed by atoms with Gasteiger partial charge in [0.15, 0.2) is 5.96 Å². The van der Waals surface area contributed by atoms with E-state index in [1.807, 2.05) is 0 Å². The molecule has 5 heteroatoms. The average Bonchev–Trinajstić information content (AvgIpc) is 3.05. The van der Waals surface area contributed by atoms with Crippen LogP contribution in [0.1, 0.15) is 21.4 Å². The van der Waals surface area contributed by atoms with E-state index in [1.165, 1.54) is 15.3 Å². The smallest absolute Gasteiger partial charge is 0.192 e. The van der Waals surface area contributed by atoms with Crippen LogP contribution >= 0.6 is 22.7 Å². The quantitative estimate of drug-likeness (QED) is 0.937. The van der Waals surface area contributed by atoms with Gasteiger partial charge in [-0.25, -0.2) is 0 Å². The summed E-state index contributed by atoms with van der Waals surface area (Å²) in [6.45, 7) is 3.79. The van der Waals surface area contributed by atoms with Gasteiger partial charge in [0.25, 0.3) is 0 Å². The first-order valence-electron chi connectivity index (χ1n) is 5.88. The van der Waals surface area contributed by atoms with Crippen LogP contribution in [0.25, 0.3) is 0 Å². The molecule has 2 aromatic heterocycles. The van der Waals surface area contributed by atoms with Gasteiger partial charge in [-0.3, -0.25) is 4.99 Å². The van der Waals surface area contributed by atoms with Gasteiger partial charge >= 0.3 is 0 Å². The zero-order valence-corrected chi connectivity index (χ0v) is 11.8. The molecule has 0 amide bonds. The van der Waals surface area contributed by atoms with Crippen LogP contribution in [0.5, 0.6) is 0 Å². The summed E-state index contributed by atoms with van der Waals surface area (Å²) in [5.74, 6) is 0.668. The van der Waals surface area contributed by atoms with E-state index in [1.54, 1.807) is 22.7 Å². The van der Waals surface area contributed by atoms with Crippen molar-refractivity contribution in [1.29, 1.82) is 0 Å². The molecular weight excluding hydrogens is 262 g/mol. The van der Waals surface area contributed by atoms with Crippen molar-refractivity contribution in [3.8, 4) is 0 Å². The van der Waals surface area contributed by atoms with Crippen LogP contribution in [0.2, 0.25) is 0 Å². The second-order valence-corrected chi connectivity index (χ2v) is 6.37. The van der Waals surface area contributed by atoms with Crippen molar-refractivity contribution >= 4 is 28.6 Å². The standard InChI is InChI=1S/C13H15N3S2/c1-9-4-6-18-12(9)11-7-15-13(14)16(11)8-10-3-2-5-17-10/h2-6,11H,7-8H2,1H3,(H2,14,15). The molecule has 18 heavy (non-hydrogen) atoms. The van der Waals surface area contributed by atoms with Gasteiger partial charge in [-0.2, -0.15) is 0 Å². The summed E-state index contributed by atoms with van der Waals surface area (Å²) >= 11 is 3.56. The summed E-state index contributed by atoms with van der Waals surface area (Å²) in [6.07, 6.45) is 0. The molecule has 94 valence electrons. The lowest BCUT2D eigenvalue weighted by atomic mass is 10.1. The number of aryl methyl sites for hydroxylation is 1. The van der Waals surface area contributed by atoms with Crippen molar-refractivity contribution in [3.63, 3.8) is 0 Å². The van der Waals surface area contributed by atoms with Crippen LogP contribution in [-0.2, 0) is 6.54 Å². The Bertz CT molecular complexity index is 557. The normalized spacial score (nSPS) is 19.3. The first-order valence-corrected chi connectivity index (χ1v) is 7.64. The van der Waals surface area contributed by atoms with E-state index in [-0.39, 0.29) is 0 Å². The molecular formula is C13H15N3S2. The number of rotatable bonds is 3. The van der Waals surface area contributed by atoms with Crippen molar-refractivity contribution in [2.24, 2.45) is 10.7 Å². The van der Waals surface area contributed by atoms with Gasteiger partial charge in [0.2, 0.25) is 0 Å². The first kappa shape index (κ1) is 11.7. The van der Waals surface area contributed by atoms with Crippen LogP contribution in [0.3, 0.4) is 0 Å². The molecule has 0 saturated carbocycles. The van der Waals surface area contributed by atoms with Crippen LogP contribution in [0, 0.1) is 6.92 Å². The summed E-state index contributed by atoms with van der Waals surface area (Å²) in [5, 5.41) is 4.24. The largest absolute Gasteiger partial charge is 0.370 e. The highest BCUT2D eigenvalue weighted by Gasteiger charge is 2.29. The predicted molar refractivity (Wildman–Crippen MR) is 78.1 cm³/mol.